The second kappa shape index (κ2) is 11.3. The van der Waals surface area contributed by atoms with Gasteiger partial charge in [0.1, 0.15) is 10.9 Å². The maximum atomic E-state index is 14.4. The number of ether oxygens (including phenoxy) is 1. The molecule has 0 aliphatic carbocycles. The number of aromatic nitrogens is 2. The molecular formula is C28H30N6O4S. The fraction of sp³-hybridized carbons (Fsp3) is 0.286. The number of nitrogen functional groups attached to an aromatic ring is 1. The number of anilines is 2. The molecule has 0 radical (unpaired) electrons. The summed E-state index contributed by atoms with van der Waals surface area (Å²) < 4.78 is 9.75. The zero-order chi connectivity index (χ0) is 27.5. The van der Waals surface area contributed by atoms with Gasteiger partial charge in [0.25, 0.3) is 11.8 Å². The Bertz CT molecular complexity index is 1520. The van der Waals surface area contributed by atoms with Gasteiger partial charge in [-0.1, -0.05) is 43.3 Å². The monoisotopic (exact) mass is 546 g/mol. The van der Waals surface area contributed by atoms with Crippen molar-refractivity contribution in [1.82, 2.24) is 14.7 Å². The lowest BCUT2D eigenvalue weighted by atomic mass is 9.99. The third-order valence-electron chi connectivity index (χ3n) is 6.96. The van der Waals surface area contributed by atoms with Crippen LogP contribution in [0.5, 0.6) is 0 Å². The molecule has 1 aliphatic heterocycles. The van der Waals surface area contributed by atoms with Crippen LogP contribution in [0.15, 0.2) is 54.7 Å². The van der Waals surface area contributed by atoms with E-state index in [4.69, 9.17) is 16.2 Å². The van der Waals surface area contributed by atoms with Crippen molar-refractivity contribution in [3.8, 4) is 0 Å². The largest absolute Gasteiger partial charge is 0.395 e. The van der Waals surface area contributed by atoms with Crippen molar-refractivity contribution >= 4 is 51.5 Å². The number of nitrogens with one attached hydrogen (secondary N) is 2. The lowest BCUT2D eigenvalue weighted by Crippen LogP contribution is -2.46. The lowest BCUT2D eigenvalue weighted by Gasteiger charge is -2.32. The third kappa shape index (κ3) is 5.10. The second-order valence-electron chi connectivity index (χ2n) is 9.37. The van der Waals surface area contributed by atoms with Gasteiger partial charge in [0.2, 0.25) is 5.91 Å². The summed E-state index contributed by atoms with van der Waals surface area (Å²) in [7, 11) is 0. The van der Waals surface area contributed by atoms with Gasteiger partial charge in [-0.25, -0.2) is 0 Å². The van der Waals surface area contributed by atoms with Gasteiger partial charge < -0.3 is 26.5 Å². The Morgan fingerprint density at radius 3 is 2.69 bits per heavy atom. The molecule has 4 aromatic rings. The van der Waals surface area contributed by atoms with Crippen LogP contribution in [0, 0.1) is 0 Å². The molecule has 0 saturated carbocycles. The summed E-state index contributed by atoms with van der Waals surface area (Å²) in [4.78, 5) is 45.0. The number of amides is 3. The number of primary amides is 1. The van der Waals surface area contributed by atoms with E-state index in [0.29, 0.717) is 30.8 Å². The zero-order valence-electron chi connectivity index (χ0n) is 21.5. The van der Waals surface area contributed by atoms with Gasteiger partial charge >= 0.3 is 0 Å². The van der Waals surface area contributed by atoms with E-state index in [1.807, 2.05) is 49.4 Å². The molecule has 2 aromatic heterocycles. The van der Waals surface area contributed by atoms with E-state index < -0.39 is 17.9 Å². The smallest absolute Gasteiger partial charge is 0.273 e. The highest BCUT2D eigenvalue weighted by molar-refractivity contribution is 7.09. The topological polar surface area (TPSA) is 156 Å². The van der Waals surface area contributed by atoms with E-state index in [1.54, 1.807) is 12.3 Å². The first-order chi connectivity index (χ1) is 18.9. The van der Waals surface area contributed by atoms with E-state index in [2.05, 4.69) is 14.7 Å². The van der Waals surface area contributed by atoms with Crippen LogP contribution in [-0.2, 0) is 16.0 Å². The molecule has 6 N–H and O–H groups in total. The van der Waals surface area contributed by atoms with Crippen LogP contribution in [0.4, 0.5) is 11.4 Å². The molecule has 5 rings (SSSR count). The minimum Gasteiger partial charge on any atom is -0.395 e. The number of aromatic amines is 1. The number of fused-ring (bicyclic) bond motifs is 1. The van der Waals surface area contributed by atoms with Gasteiger partial charge in [0, 0.05) is 41.5 Å². The van der Waals surface area contributed by atoms with E-state index in [9.17, 15) is 14.4 Å². The number of hydrogen-bond acceptors (Lipinski definition) is 7. The molecule has 2 aromatic carbocycles. The van der Waals surface area contributed by atoms with Gasteiger partial charge in [0.05, 0.1) is 11.8 Å². The molecule has 0 spiro atoms. The van der Waals surface area contributed by atoms with Crippen molar-refractivity contribution in [2.45, 2.75) is 38.3 Å². The number of H-pyrrole nitrogens is 1. The van der Waals surface area contributed by atoms with E-state index >= 15 is 0 Å². The molecule has 3 amide bonds. The average molecular weight is 547 g/mol. The van der Waals surface area contributed by atoms with Crippen LogP contribution < -0.4 is 21.7 Å². The maximum absolute atomic E-state index is 14.4. The number of aryl methyl sites for hydroxylation is 1. The lowest BCUT2D eigenvalue weighted by molar-refractivity contribution is -0.123. The summed E-state index contributed by atoms with van der Waals surface area (Å²) in [5, 5.41) is 3.82. The zero-order valence-corrected chi connectivity index (χ0v) is 22.3. The third-order valence-corrected chi connectivity index (χ3v) is 7.81. The molecule has 202 valence electrons. The molecule has 0 unspecified atom stereocenters. The highest BCUT2D eigenvalue weighted by Gasteiger charge is 2.38. The van der Waals surface area contributed by atoms with E-state index in [0.717, 1.165) is 40.8 Å². The first-order valence-corrected chi connectivity index (χ1v) is 13.6. The molecule has 1 fully saturated rings. The maximum Gasteiger partial charge on any atom is 0.273 e. The molecule has 10 nitrogen and oxygen atoms in total. The van der Waals surface area contributed by atoms with Crippen LogP contribution in [0.3, 0.4) is 0 Å². The Labute approximate surface area is 229 Å². The summed E-state index contributed by atoms with van der Waals surface area (Å²) in [6.45, 7) is 2.96. The highest BCUT2D eigenvalue weighted by Crippen LogP contribution is 2.37. The van der Waals surface area contributed by atoms with Crippen LogP contribution in [-0.4, -0.2) is 46.3 Å². The van der Waals surface area contributed by atoms with Crippen molar-refractivity contribution in [2.75, 3.05) is 23.8 Å². The van der Waals surface area contributed by atoms with Gasteiger partial charge in [-0.05, 0) is 48.5 Å². The van der Waals surface area contributed by atoms with Crippen molar-refractivity contribution in [3.63, 3.8) is 0 Å². The number of nitrogens with two attached hydrogens (primary N) is 2. The van der Waals surface area contributed by atoms with Crippen molar-refractivity contribution in [2.24, 2.45) is 5.73 Å². The molecule has 3 heterocycles. The quantitative estimate of drug-likeness (QED) is 0.251. The number of carbonyl (C=O) groups is 3. The predicted octanol–water partition coefficient (Wildman–Crippen LogP) is 3.55. The fourth-order valence-electron chi connectivity index (χ4n) is 4.98. The molecule has 0 bridgehead atoms. The van der Waals surface area contributed by atoms with Crippen LogP contribution in [0.1, 0.15) is 57.1 Å². The fourth-order valence-corrected chi connectivity index (χ4v) is 5.73. The number of benzene rings is 2. The number of para-hydroxylation sites is 2. The second-order valence-corrected chi connectivity index (χ2v) is 10.1. The Balaban J connectivity index is 1.67. The molecule has 1 aliphatic rings. The Kier molecular flexibility index (Phi) is 7.62. The Morgan fingerprint density at radius 2 is 1.97 bits per heavy atom. The predicted molar refractivity (Wildman–Crippen MR) is 151 cm³/mol. The van der Waals surface area contributed by atoms with E-state index in [-0.39, 0.29) is 28.3 Å². The highest BCUT2D eigenvalue weighted by atomic mass is 32.1. The van der Waals surface area contributed by atoms with Gasteiger partial charge in [0.15, 0.2) is 5.69 Å². The molecule has 39 heavy (non-hydrogen) atoms. The number of hydrogen-bond donors (Lipinski definition) is 4. The minimum atomic E-state index is -1.07. The average Bonchev–Trinajstić information content (AvgIpc) is 3.70. The van der Waals surface area contributed by atoms with Crippen molar-refractivity contribution in [1.29, 1.82) is 0 Å². The Hall–Kier alpha value is -4.22. The molecular weight excluding hydrogens is 516 g/mol. The minimum absolute atomic E-state index is 0.0338. The SMILES string of the molecule is CCc1ccccc1N(C(=O)c1snc(C(N)=O)c1N)[C@H](C(=O)NC[C@@H]1CCCO1)c1c[nH]c2ccccc12. The van der Waals surface area contributed by atoms with E-state index in [1.165, 1.54) is 4.90 Å². The summed E-state index contributed by atoms with van der Waals surface area (Å²) in [5.41, 5.74) is 14.2. The van der Waals surface area contributed by atoms with Crippen LogP contribution >= 0.6 is 11.5 Å². The van der Waals surface area contributed by atoms with Crippen LogP contribution in [0.2, 0.25) is 0 Å². The summed E-state index contributed by atoms with van der Waals surface area (Å²) in [6.07, 6.45) is 4.07. The first kappa shape index (κ1) is 26.4. The Morgan fingerprint density at radius 1 is 1.21 bits per heavy atom. The standard InChI is InChI=1S/C28H30N6O4S/c1-2-16-8-3-6-12-21(16)34(28(37)25-22(29)23(26(30)35)33-39-25)24(27(36)32-14-17-9-7-13-38-17)19-15-31-20-11-5-4-10-18(19)20/h3-6,8,10-12,15,17,24,31H,2,7,9,13-14,29H2,1H3,(H2,30,35)(H,32,36)/t17-,24-/m0/s1. The number of rotatable bonds is 9. The normalized spacial score (nSPS) is 15.8. The van der Waals surface area contributed by atoms with Gasteiger partial charge in [-0.3, -0.25) is 19.3 Å². The summed E-state index contributed by atoms with van der Waals surface area (Å²) in [6, 6.07) is 13.9. The molecule has 11 heteroatoms. The van der Waals surface area contributed by atoms with Gasteiger partial charge in [-0.15, -0.1) is 0 Å². The van der Waals surface area contributed by atoms with Gasteiger partial charge in [-0.2, -0.15) is 4.37 Å². The first-order valence-electron chi connectivity index (χ1n) is 12.8. The molecule has 2 atom stereocenters. The van der Waals surface area contributed by atoms with Crippen molar-refractivity contribution < 1.29 is 19.1 Å². The molecule has 1 saturated heterocycles. The number of carbonyl (C=O) groups excluding carboxylic acids is 3. The van der Waals surface area contributed by atoms with Crippen molar-refractivity contribution in [3.05, 3.63) is 76.4 Å². The number of nitrogens with zero attached hydrogens (tertiary/aromatic N) is 2. The summed E-state index contributed by atoms with van der Waals surface area (Å²) >= 11 is 0.786. The summed E-state index contributed by atoms with van der Waals surface area (Å²) in [5.74, 6) is -1.75. The van der Waals surface area contributed by atoms with Crippen LogP contribution in [0.25, 0.3) is 10.9 Å².